The number of nitrogens with two attached hydrogens (primary N) is 1. The van der Waals surface area contributed by atoms with Gasteiger partial charge in [-0.3, -0.25) is 0 Å². The number of benzene rings is 1. The van der Waals surface area contributed by atoms with Crippen molar-refractivity contribution in [3.05, 3.63) is 12.1 Å². The van der Waals surface area contributed by atoms with Crippen LogP contribution in [0.3, 0.4) is 0 Å². The Hall–Kier alpha value is -1.78. The molecular weight excluding hydrogens is 228 g/mol. The molecule has 2 rings (SSSR count). The Bertz CT molecular complexity index is 519. The molecule has 0 spiro atoms. The fraction of sp³-hybridized carbons (Fsp3) is 0.538. The van der Waals surface area contributed by atoms with Crippen LogP contribution in [-0.2, 0) is 0 Å². The maximum absolute atomic E-state index is 5.82. The molecule has 0 aliphatic carbocycles. The van der Waals surface area contributed by atoms with Gasteiger partial charge in [0.25, 0.3) is 0 Å². The summed E-state index contributed by atoms with van der Waals surface area (Å²) in [5.74, 6) is 0.637. The zero-order valence-corrected chi connectivity index (χ0v) is 11.1. The molecule has 18 heavy (non-hydrogen) atoms. The molecule has 98 valence electrons. The van der Waals surface area contributed by atoms with Crippen LogP contribution in [0.5, 0.6) is 0 Å². The van der Waals surface area contributed by atoms with Crippen LogP contribution in [0.15, 0.2) is 16.8 Å². The summed E-state index contributed by atoms with van der Waals surface area (Å²) in [6.45, 7) is 6.61. The Kier molecular flexibility index (Phi) is 3.69. The summed E-state index contributed by atoms with van der Waals surface area (Å²) in [6.07, 6.45) is 2.31. The first-order valence-corrected chi connectivity index (χ1v) is 6.44. The summed E-state index contributed by atoms with van der Waals surface area (Å²) in [7, 11) is 0. The lowest BCUT2D eigenvalue weighted by atomic mass is 9.95. The highest BCUT2D eigenvalue weighted by Gasteiger charge is 2.16. The third kappa shape index (κ3) is 2.25. The summed E-state index contributed by atoms with van der Waals surface area (Å²) < 4.78 is 4.76. The fourth-order valence-electron chi connectivity index (χ4n) is 2.36. The van der Waals surface area contributed by atoms with Crippen molar-refractivity contribution in [2.45, 2.75) is 39.7 Å². The van der Waals surface area contributed by atoms with E-state index in [9.17, 15) is 0 Å². The minimum Gasteiger partial charge on any atom is -0.397 e. The smallest absolute Gasteiger partial charge is 0.160 e. The topological polar surface area (TPSA) is 77.0 Å². The van der Waals surface area contributed by atoms with E-state index in [-0.39, 0.29) is 0 Å². The summed E-state index contributed by atoms with van der Waals surface area (Å²) in [5, 5.41) is 11.2. The zero-order chi connectivity index (χ0) is 13.1. The van der Waals surface area contributed by atoms with Gasteiger partial charge in [0.05, 0.1) is 11.4 Å². The summed E-state index contributed by atoms with van der Waals surface area (Å²) in [6, 6.07) is 4.14. The number of anilines is 2. The molecule has 5 heteroatoms. The number of hydrogen-bond donors (Lipinski definition) is 2. The van der Waals surface area contributed by atoms with Gasteiger partial charge in [0.2, 0.25) is 0 Å². The summed E-state index contributed by atoms with van der Waals surface area (Å²) >= 11 is 0. The van der Waals surface area contributed by atoms with Crippen LogP contribution < -0.4 is 11.1 Å². The Balaban J connectivity index is 2.27. The van der Waals surface area contributed by atoms with Crippen molar-refractivity contribution in [2.24, 2.45) is 5.92 Å². The molecule has 3 N–H and O–H groups in total. The van der Waals surface area contributed by atoms with Gasteiger partial charge < -0.3 is 11.1 Å². The van der Waals surface area contributed by atoms with Crippen LogP contribution in [0.25, 0.3) is 11.0 Å². The minimum atomic E-state index is 0.378. The van der Waals surface area contributed by atoms with Crippen LogP contribution in [-0.4, -0.2) is 16.4 Å². The van der Waals surface area contributed by atoms with Crippen molar-refractivity contribution in [3.8, 4) is 0 Å². The number of rotatable bonds is 5. The molecule has 1 heterocycles. The van der Waals surface area contributed by atoms with Crippen molar-refractivity contribution >= 4 is 22.4 Å². The molecule has 1 atom stereocenters. The standard InChI is InChI=1S/C13H20N4O/c1-4-9(5-2)8(3)15-11-7-6-10(14)12-13(11)17-18-16-12/h6-9,15H,4-5,14H2,1-3H3. The Morgan fingerprint density at radius 1 is 1.22 bits per heavy atom. The van der Waals surface area contributed by atoms with Crippen molar-refractivity contribution in [3.63, 3.8) is 0 Å². The van der Waals surface area contributed by atoms with Crippen molar-refractivity contribution < 1.29 is 4.63 Å². The van der Waals surface area contributed by atoms with Gasteiger partial charge in [-0.05, 0) is 35.3 Å². The van der Waals surface area contributed by atoms with E-state index in [0.29, 0.717) is 28.7 Å². The molecule has 1 unspecified atom stereocenters. The van der Waals surface area contributed by atoms with Crippen molar-refractivity contribution in [2.75, 3.05) is 11.1 Å². The highest BCUT2D eigenvalue weighted by molar-refractivity contribution is 5.95. The maximum atomic E-state index is 5.82. The highest BCUT2D eigenvalue weighted by Crippen LogP contribution is 2.27. The molecule has 0 saturated carbocycles. The third-order valence-corrected chi connectivity index (χ3v) is 3.59. The molecule has 0 aliphatic heterocycles. The Labute approximate surface area is 107 Å². The van der Waals surface area contributed by atoms with E-state index in [1.54, 1.807) is 0 Å². The SMILES string of the molecule is CCC(CC)C(C)Nc1ccc(N)c2nonc12. The van der Waals surface area contributed by atoms with Crippen molar-refractivity contribution in [1.82, 2.24) is 10.3 Å². The quantitative estimate of drug-likeness (QED) is 0.795. The van der Waals surface area contributed by atoms with E-state index in [4.69, 9.17) is 10.4 Å². The van der Waals surface area contributed by atoms with Gasteiger partial charge in [0, 0.05) is 6.04 Å². The number of nitrogens with zero attached hydrogens (tertiary/aromatic N) is 2. The first kappa shape index (κ1) is 12.7. The molecule has 5 nitrogen and oxygen atoms in total. The van der Waals surface area contributed by atoms with E-state index < -0.39 is 0 Å². The lowest BCUT2D eigenvalue weighted by molar-refractivity contribution is 0.315. The van der Waals surface area contributed by atoms with Crippen molar-refractivity contribution in [1.29, 1.82) is 0 Å². The second-order valence-electron chi connectivity index (χ2n) is 4.67. The molecule has 0 radical (unpaired) electrons. The molecule has 0 bridgehead atoms. The van der Waals surface area contributed by atoms with Gasteiger partial charge in [-0.15, -0.1) is 0 Å². The average Bonchev–Trinajstić information content (AvgIpc) is 2.84. The molecule has 0 saturated heterocycles. The van der Waals surface area contributed by atoms with Crippen LogP contribution in [0.2, 0.25) is 0 Å². The van der Waals surface area contributed by atoms with E-state index >= 15 is 0 Å². The zero-order valence-electron chi connectivity index (χ0n) is 11.1. The van der Waals surface area contributed by atoms with Crippen LogP contribution >= 0.6 is 0 Å². The third-order valence-electron chi connectivity index (χ3n) is 3.59. The second kappa shape index (κ2) is 5.25. The van der Waals surface area contributed by atoms with E-state index in [2.05, 4.69) is 36.4 Å². The average molecular weight is 248 g/mol. The van der Waals surface area contributed by atoms with Gasteiger partial charge in [-0.2, -0.15) is 0 Å². The monoisotopic (exact) mass is 248 g/mol. The fourth-order valence-corrected chi connectivity index (χ4v) is 2.36. The number of fused-ring (bicyclic) bond motifs is 1. The maximum Gasteiger partial charge on any atom is 0.160 e. The van der Waals surface area contributed by atoms with Gasteiger partial charge in [0.15, 0.2) is 11.0 Å². The first-order valence-electron chi connectivity index (χ1n) is 6.44. The summed E-state index contributed by atoms with van der Waals surface area (Å²) in [4.78, 5) is 0. The number of hydrogen-bond acceptors (Lipinski definition) is 5. The normalized spacial score (nSPS) is 13.1. The van der Waals surface area contributed by atoms with Crippen LogP contribution in [0.1, 0.15) is 33.6 Å². The number of nitrogens with one attached hydrogen (secondary N) is 1. The predicted molar refractivity (Wildman–Crippen MR) is 73.4 cm³/mol. The first-order chi connectivity index (χ1) is 8.67. The van der Waals surface area contributed by atoms with Gasteiger partial charge in [-0.1, -0.05) is 26.7 Å². The van der Waals surface area contributed by atoms with Gasteiger partial charge in [-0.25, -0.2) is 4.63 Å². The molecule has 0 fully saturated rings. The Morgan fingerprint density at radius 3 is 2.56 bits per heavy atom. The molecule has 1 aromatic carbocycles. The van der Waals surface area contributed by atoms with E-state index in [1.165, 1.54) is 0 Å². The van der Waals surface area contributed by atoms with E-state index in [0.717, 1.165) is 18.5 Å². The lowest BCUT2D eigenvalue weighted by Gasteiger charge is -2.23. The minimum absolute atomic E-state index is 0.378. The molecule has 2 aromatic rings. The van der Waals surface area contributed by atoms with Crippen LogP contribution in [0.4, 0.5) is 11.4 Å². The number of nitrogen functional groups attached to an aromatic ring is 1. The van der Waals surface area contributed by atoms with Crippen LogP contribution in [0, 0.1) is 5.92 Å². The molecular formula is C13H20N4O. The largest absolute Gasteiger partial charge is 0.397 e. The molecule has 1 aromatic heterocycles. The van der Waals surface area contributed by atoms with Gasteiger partial charge >= 0.3 is 0 Å². The Morgan fingerprint density at radius 2 is 1.89 bits per heavy atom. The second-order valence-corrected chi connectivity index (χ2v) is 4.67. The molecule has 0 aliphatic rings. The summed E-state index contributed by atoms with van der Waals surface area (Å²) in [5.41, 5.74) is 8.67. The lowest BCUT2D eigenvalue weighted by Crippen LogP contribution is -2.25. The van der Waals surface area contributed by atoms with Gasteiger partial charge in [0.1, 0.15) is 0 Å². The number of aromatic nitrogens is 2. The molecule has 0 amide bonds. The highest BCUT2D eigenvalue weighted by atomic mass is 16.6. The predicted octanol–water partition coefficient (Wildman–Crippen LogP) is 3.04. The van der Waals surface area contributed by atoms with E-state index in [1.807, 2.05) is 12.1 Å².